The summed E-state index contributed by atoms with van der Waals surface area (Å²) in [6, 6.07) is 52.9. The molecule has 2 aliphatic rings. The third-order valence-electron chi connectivity index (χ3n) is 10.2. The lowest BCUT2D eigenvalue weighted by Crippen LogP contribution is -2.17. The molecule has 7 aromatic carbocycles. The number of anilines is 3. The first-order valence-corrected chi connectivity index (χ1v) is 16.7. The topological polar surface area (TPSA) is 16.4 Å². The molecule has 0 saturated heterocycles. The molecule has 2 aliphatic carbocycles. The van der Waals surface area contributed by atoms with Gasteiger partial charge in [-0.05, 0) is 100.0 Å². The molecule has 10 rings (SSSR count). The van der Waals surface area contributed by atoms with Gasteiger partial charge in [0.15, 0.2) is 0 Å². The molecule has 2 nitrogen and oxygen atoms in total. The Hall–Kier alpha value is -5.12. The summed E-state index contributed by atoms with van der Waals surface area (Å²) in [7, 11) is 0. The smallest absolute Gasteiger partial charge is 0.135 e. The molecule has 1 aromatic heterocycles. The van der Waals surface area contributed by atoms with E-state index in [1.165, 1.54) is 57.0 Å². The van der Waals surface area contributed by atoms with Gasteiger partial charge in [-0.15, -0.1) is 0 Å². The first-order chi connectivity index (χ1) is 22.7. The molecule has 46 heavy (non-hydrogen) atoms. The predicted octanol–water partition coefficient (Wildman–Crippen LogP) is 12.7. The Morgan fingerprint density at radius 3 is 2.13 bits per heavy atom. The summed E-state index contributed by atoms with van der Waals surface area (Å²) in [5, 5.41) is 4.96. The summed E-state index contributed by atoms with van der Waals surface area (Å²) in [5.41, 5.74) is 13.2. The SMILES string of the molecule is Brc1ccc2c3c(cccc13)C1(CC1)c1cc(N(c3ccc4oc5ccccc5c4c3)c3ccccc3-c3ccccc3)ccc1-2. The maximum Gasteiger partial charge on any atom is 0.135 e. The molecule has 1 heterocycles. The van der Waals surface area contributed by atoms with Gasteiger partial charge in [-0.3, -0.25) is 0 Å². The summed E-state index contributed by atoms with van der Waals surface area (Å²) in [6.07, 6.45) is 2.34. The molecule has 218 valence electrons. The highest BCUT2D eigenvalue weighted by atomic mass is 79.9. The van der Waals surface area contributed by atoms with E-state index in [0.717, 1.165) is 43.5 Å². The number of halogens is 1. The highest BCUT2D eigenvalue weighted by Crippen LogP contribution is 2.62. The molecule has 1 saturated carbocycles. The van der Waals surface area contributed by atoms with Gasteiger partial charge in [0.2, 0.25) is 0 Å². The number of fused-ring (bicyclic) bond motifs is 7. The fraction of sp³-hybridized carbons (Fsp3) is 0.0698. The Labute approximate surface area is 275 Å². The Bertz CT molecular complexity index is 2510. The minimum absolute atomic E-state index is 0.0496. The van der Waals surface area contributed by atoms with E-state index in [1.807, 2.05) is 12.1 Å². The second-order valence-corrected chi connectivity index (χ2v) is 13.5. The van der Waals surface area contributed by atoms with Gasteiger partial charge < -0.3 is 9.32 Å². The van der Waals surface area contributed by atoms with Crippen molar-refractivity contribution in [2.75, 3.05) is 4.90 Å². The van der Waals surface area contributed by atoms with Crippen LogP contribution in [0.15, 0.2) is 154 Å². The molecular weight excluding hydrogens is 626 g/mol. The monoisotopic (exact) mass is 653 g/mol. The van der Waals surface area contributed by atoms with Gasteiger partial charge in [-0.1, -0.05) is 113 Å². The Morgan fingerprint density at radius 1 is 0.522 bits per heavy atom. The number of nitrogens with zero attached hydrogens (tertiary/aromatic N) is 1. The van der Waals surface area contributed by atoms with Crippen molar-refractivity contribution in [1.82, 2.24) is 0 Å². The average molecular weight is 655 g/mol. The van der Waals surface area contributed by atoms with Crippen LogP contribution in [-0.4, -0.2) is 0 Å². The van der Waals surface area contributed by atoms with Crippen molar-refractivity contribution in [3.63, 3.8) is 0 Å². The number of hydrogen-bond donors (Lipinski definition) is 0. The predicted molar refractivity (Wildman–Crippen MR) is 194 cm³/mol. The molecule has 0 N–H and O–H groups in total. The van der Waals surface area contributed by atoms with Gasteiger partial charge in [0.25, 0.3) is 0 Å². The van der Waals surface area contributed by atoms with Crippen LogP contribution in [0.1, 0.15) is 24.0 Å². The third-order valence-corrected chi connectivity index (χ3v) is 10.9. The largest absolute Gasteiger partial charge is 0.456 e. The van der Waals surface area contributed by atoms with Gasteiger partial charge in [-0.25, -0.2) is 0 Å². The standard InChI is InChI=1S/C43H28BrNO/c44-38-21-20-33-31-19-17-29(26-37(31)43(23-24-43)36-14-8-13-34(38)42(33)36)45(39-15-6-4-11-30(39)27-9-2-1-3-10-27)28-18-22-41-35(25-28)32-12-5-7-16-40(32)46-41/h1-22,25-26H,23-24H2. The van der Waals surface area contributed by atoms with Crippen LogP contribution < -0.4 is 4.90 Å². The number of furan rings is 1. The van der Waals surface area contributed by atoms with Crippen molar-refractivity contribution in [3.8, 4) is 22.3 Å². The fourth-order valence-electron chi connectivity index (χ4n) is 7.92. The molecule has 1 fully saturated rings. The van der Waals surface area contributed by atoms with Crippen LogP contribution in [0.4, 0.5) is 17.1 Å². The zero-order chi connectivity index (χ0) is 30.4. The fourth-order valence-corrected chi connectivity index (χ4v) is 8.38. The molecule has 0 bridgehead atoms. The van der Waals surface area contributed by atoms with E-state index in [4.69, 9.17) is 4.42 Å². The number of benzene rings is 7. The van der Waals surface area contributed by atoms with Crippen LogP contribution in [0, 0.1) is 0 Å². The summed E-state index contributed by atoms with van der Waals surface area (Å²) >= 11 is 3.84. The molecule has 1 spiro atoms. The van der Waals surface area contributed by atoms with Crippen LogP contribution in [-0.2, 0) is 5.41 Å². The first-order valence-electron chi connectivity index (χ1n) is 15.9. The zero-order valence-electron chi connectivity index (χ0n) is 25.0. The van der Waals surface area contributed by atoms with Crippen molar-refractivity contribution in [2.24, 2.45) is 0 Å². The van der Waals surface area contributed by atoms with Crippen LogP contribution in [0.3, 0.4) is 0 Å². The minimum Gasteiger partial charge on any atom is -0.456 e. The Kier molecular flexibility index (Phi) is 5.50. The Balaban J connectivity index is 1.24. The molecule has 0 aliphatic heterocycles. The lowest BCUT2D eigenvalue weighted by molar-refractivity contribution is 0.669. The third kappa shape index (κ3) is 3.69. The maximum absolute atomic E-state index is 6.25. The maximum atomic E-state index is 6.25. The minimum atomic E-state index is 0.0496. The average Bonchev–Trinajstić information content (AvgIpc) is 3.82. The highest BCUT2D eigenvalue weighted by Gasteiger charge is 2.50. The van der Waals surface area contributed by atoms with Gasteiger partial charge in [0, 0.05) is 37.6 Å². The molecule has 0 radical (unpaired) electrons. The number of rotatable bonds is 4. The summed E-state index contributed by atoms with van der Waals surface area (Å²) in [6.45, 7) is 0. The van der Waals surface area contributed by atoms with E-state index < -0.39 is 0 Å². The van der Waals surface area contributed by atoms with Gasteiger partial charge in [0.1, 0.15) is 11.2 Å². The van der Waals surface area contributed by atoms with Crippen LogP contribution in [0.25, 0.3) is 55.0 Å². The van der Waals surface area contributed by atoms with Crippen LogP contribution in [0.5, 0.6) is 0 Å². The van der Waals surface area contributed by atoms with E-state index in [0.29, 0.717) is 0 Å². The molecular formula is C43H28BrNO. The van der Waals surface area contributed by atoms with Crippen LogP contribution >= 0.6 is 15.9 Å². The van der Waals surface area contributed by atoms with E-state index in [9.17, 15) is 0 Å². The van der Waals surface area contributed by atoms with E-state index >= 15 is 0 Å². The number of para-hydroxylation sites is 2. The summed E-state index contributed by atoms with van der Waals surface area (Å²) < 4.78 is 7.41. The quantitative estimate of drug-likeness (QED) is 0.188. The second-order valence-electron chi connectivity index (χ2n) is 12.6. The lowest BCUT2D eigenvalue weighted by atomic mass is 9.74. The van der Waals surface area contributed by atoms with Gasteiger partial charge in [-0.2, -0.15) is 0 Å². The summed E-state index contributed by atoms with van der Waals surface area (Å²) in [5.74, 6) is 0. The second kappa shape index (κ2) is 9.69. The van der Waals surface area contributed by atoms with Crippen LogP contribution in [0.2, 0.25) is 0 Å². The molecule has 3 heteroatoms. The van der Waals surface area contributed by atoms with Gasteiger partial charge >= 0.3 is 0 Å². The molecule has 0 atom stereocenters. The number of hydrogen-bond acceptors (Lipinski definition) is 2. The van der Waals surface area contributed by atoms with Crippen molar-refractivity contribution in [2.45, 2.75) is 18.3 Å². The molecule has 0 amide bonds. The van der Waals surface area contributed by atoms with Crippen molar-refractivity contribution < 1.29 is 4.42 Å². The van der Waals surface area contributed by atoms with E-state index in [1.54, 1.807) is 0 Å². The highest BCUT2D eigenvalue weighted by molar-refractivity contribution is 9.10. The Morgan fingerprint density at radius 2 is 1.24 bits per heavy atom. The van der Waals surface area contributed by atoms with E-state index in [-0.39, 0.29) is 5.41 Å². The summed E-state index contributed by atoms with van der Waals surface area (Å²) in [4.78, 5) is 2.44. The normalized spacial score (nSPS) is 14.2. The van der Waals surface area contributed by atoms with Gasteiger partial charge in [0.05, 0.1) is 5.69 Å². The first kappa shape index (κ1) is 26.1. The van der Waals surface area contributed by atoms with Crippen molar-refractivity contribution >= 4 is 65.7 Å². The zero-order valence-corrected chi connectivity index (χ0v) is 26.6. The van der Waals surface area contributed by atoms with Crippen molar-refractivity contribution in [3.05, 3.63) is 161 Å². The molecule has 0 unspecified atom stereocenters. The lowest BCUT2D eigenvalue weighted by Gasteiger charge is -2.33. The molecule has 8 aromatic rings. The van der Waals surface area contributed by atoms with Crippen molar-refractivity contribution in [1.29, 1.82) is 0 Å². The van der Waals surface area contributed by atoms with E-state index in [2.05, 4.69) is 154 Å².